The molecule has 176 valence electrons. The van der Waals surface area contributed by atoms with Crippen LogP contribution in [0.4, 0.5) is 0 Å². The summed E-state index contributed by atoms with van der Waals surface area (Å²) in [6.07, 6.45) is 2.09. The Labute approximate surface area is 181 Å². The Morgan fingerprint density at radius 2 is 2.00 bits per heavy atom. The number of rotatable bonds is 8. The van der Waals surface area contributed by atoms with Crippen molar-refractivity contribution >= 4 is 7.60 Å². The van der Waals surface area contributed by atoms with Crippen LogP contribution in [0.15, 0.2) is 21.9 Å². The van der Waals surface area contributed by atoms with Gasteiger partial charge in [-0.15, -0.1) is 0 Å². The summed E-state index contributed by atoms with van der Waals surface area (Å²) in [5.74, 6) is -2.45. The van der Waals surface area contributed by atoms with Gasteiger partial charge in [0, 0.05) is 12.3 Å². The smallest absolute Gasteiger partial charge is 0.356 e. The van der Waals surface area contributed by atoms with Crippen molar-refractivity contribution in [2.75, 3.05) is 0 Å². The van der Waals surface area contributed by atoms with Crippen molar-refractivity contribution in [3.8, 4) is 0 Å². The van der Waals surface area contributed by atoms with Gasteiger partial charge in [-0.2, -0.15) is 0 Å². The normalized spacial score (nSPS) is 32.2. The molecule has 0 radical (unpaired) electrons. The minimum absolute atomic E-state index is 0.101. The van der Waals surface area contributed by atoms with E-state index < -0.39 is 42.2 Å². The van der Waals surface area contributed by atoms with E-state index in [1.807, 2.05) is 6.92 Å². The van der Waals surface area contributed by atoms with Crippen molar-refractivity contribution in [2.45, 2.75) is 95.8 Å². The minimum atomic E-state index is -4.23. The van der Waals surface area contributed by atoms with Gasteiger partial charge >= 0.3 is 13.3 Å². The van der Waals surface area contributed by atoms with Gasteiger partial charge < -0.3 is 24.0 Å². The molecule has 3 rings (SSSR count). The van der Waals surface area contributed by atoms with Crippen molar-refractivity contribution < 1.29 is 28.6 Å². The van der Waals surface area contributed by atoms with Crippen molar-refractivity contribution in [3.05, 3.63) is 33.1 Å². The second-order valence-electron chi connectivity index (χ2n) is 9.20. The lowest BCUT2D eigenvalue weighted by molar-refractivity contribution is -0.162. The van der Waals surface area contributed by atoms with Crippen LogP contribution in [0.2, 0.25) is 0 Å². The van der Waals surface area contributed by atoms with Crippen LogP contribution < -0.4 is 11.2 Å². The first-order valence-electron chi connectivity index (χ1n) is 10.7. The fourth-order valence-corrected chi connectivity index (χ4v) is 6.04. The molecule has 11 heteroatoms. The van der Waals surface area contributed by atoms with Crippen LogP contribution in [-0.4, -0.2) is 49.0 Å². The molecule has 2 aliphatic rings. The molecule has 1 aliphatic carbocycles. The molecule has 2 heterocycles. The van der Waals surface area contributed by atoms with E-state index in [4.69, 9.17) is 14.0 Å². The molecule has 1 aromatic heterocycles. The van der Waals surface area contributed by atoms with E-state index >= 15 is 0 Å². The van der Waals surface area contributed by atoms with Gasteiger partial charge in [0.05, 0.1) is 17.7 Å². The van der Waals surface area contributed by atoms with Crippen molar-refractivity contribution in [2.24, 2.45) is 5.92 Å². The van der Waals surface area contributed by atoms with Crippen LogP contribution in [0.25, 0.3) is 0 Å². The van der Waals surface area contributed by atoms with Crippen LogP contribution in [0.1, 0.15) is 66.3 Å². The number of aromatic amines is 1. The number of nitrogens with zero attached hydrogens (tertiary/aromatic N) is 1. The number of fused-ring (bicyclic) bond motifs is 1. The lowest BCUT2D eigenvalue weighted by atomic mass is 9.87. The fourth-order valence-electron chi connectivity index (χ4n) is 4.63. The number of H-pyrrole nitrogens is 1. The summed E-state index contributed by atoms with van der Waals surface area (Å²) in [4.78, 5) is 36.4. The van der Waals surface area contributed by atoms with Gasteiger partial charge in [-0.25, -0.2) is 4.79 Å². The third kappa shape index (κ3) is 5.05. The lowest BCUT2D eigenvalue weighted by Crippen LogP contribution is -2.36. The molecule has 1 aliphatic heterocycles. The summed E-state index contributed by atoms with van der Waals surface area (Å²) in [6.45, 7) is 8.80. The van der Waals surface area contributed by atoms with Crippen LogP contribution >= 0.6 is 7.60 Å². The quantitative estimate of drug-likeness (QED) is 0.501. The Balaban J connectivity index is 1.89. The molecular weight excluding hydrogens is 427 g/mol. The molecule has 0 aromatic carbocycles. The average molecular weight is 460 g/mol. The molecule has 10 nitrogen and oxygen atoms in total. The molecule has 3 unspecified atom stereocenters. The fraction of sp³-hybridized carbons (Fsp3) is 0.800. The molecule has 2 fully saturated rings. The highest BCUT2D eigenvalue weighted by molar-refractivity contribution is 7.53. The van der Waals surface area contributed by atoms with Crippen LogP contribution in [0.3, 0.4) is 0 Å². The van der Waals surface area contributed by atoms with Crippen LogP contribution in [-0.2, 0) is 18.6 Å². The van der Waals surface area contributed by atoms with E-state index in [1.165, 1.54) is 16.8 Å². The Morgan fingerprint density at radius 3 is 2.58 bits per heavy atom. The molecule has 7 atom stereocenters. The second-order valence-corrected chi connectivity index (χ2v) is 11.1. The zero-order chi connectivity index (χ0) is 23.2. The van der Waals surface area contributed by atoms with Gasteiger partial charge in [-0.3, -0.25) is 18.9 Å². The Kier molecular flexibility index (Phi) is 6.73. The molecule has 31 heavy (non-hydrogen) atoms. The summed E-state index contributed by atoms with van der Waals surface area (Å²) >= 11 is 0. The number of aliphatic hydroxyl groups is 1. The highest BCUT2D eigenvalue weighted by Crippen LogP contribution is 2.55. The molecule has 1 saturated carbocycles. The molecular formula is C20H33N2O8P. The largest absolute Gasteiger partial charge is 0.380 e. The first kappa shape index (κ1) is 24.4. The maximum Gasteiger partial charge on any atom is 0.356 e. The van der Waals surface area contributed by atoms with Gasteiger partial charge in [0.25, 0.3) is 5.56 Å². The summed E-state index contributed by atoms with van der Waals surface area (Å²) in [5, 5.41) is 9.92. The number of hydrogen-bond acceptors (Lipinski definition) is 7. The van der Waals surface area contributed by atoms with Crippen molar-refractivity contribution in [1.29, 1.82) is 0 Å². The maximum absolute atomic E-state index is 12.5. The molecule has 0 bridgehead atoms. The molecule has 1 aromatic rings. The summed E-state index contributed by atoms with van der Waals surface area (Å²) < 4.78 is 31.8. The number of nitrogens with one attached hydrogen (secondary N) is 1. The zero-order valence-corrected chi connectivity index (χ0v) is 19.5. The summed E-state index contributed by atoms with van der Waals surface area (Å²) in [6, 6.07) is 0.919. The summed E-state index contributed by atoms with van der Waals surface area (Å²) in [7, 11) is -4.23. The van der Waals surface area contributed by atoms with Crippen LogP contribution in [0.5, 0.6) is 0 Å². The molecule has 3 N–H and O–H groups in total. The number of hydrogen-bond donors (Lipinski definition) is 3. The highest BCUT2D eigenvalue weighted by atomic mass is 31.2. The molecule has 1 saturated heterocycles. The third-order valence-corrected chi connectivity index (χ3v) is 8.12. The monoisotopic (exact) mass is 460 g/mol. The van der Waals surface area contributed by atoms with Crippen LogP contribution in [0, 0.1) is 5.92 Å². The van der Waals surface area contributed by atoms with Crippen molar-refractivity contribution in [1.82, 2.24) is 9.55 Å². The van der Waals surface area contributed by atoms with Gasteiger partial charge in [-0.1, -0.05) is 13.8 Å². The van der Waals surface area contributed by atoms with Crippen molar-refractivity contribution in [3.63, 3.8) is 0 Å². The Hall–Kier alpha value is -1.29. The first-order chi connectivity index (χ1) is 14.3. The third-order valence-electron chi connectivity index (χ3n) is 6.29. The van der Waals surface area contributed by atoms with E-state index in [-0.39, 0.29) is 24.5 Å². The summed E-state index contributed by atoms with van der Waals surface area (Å²) in [5.41, 5.74) is -1.99. The van der Waals surface area contributed by atoms with E-state index in [0.29, 0.717) is 19.3 Å². The van der Waals surface area contributed by atoms with E-state index in [2.05, 4.69) is 4.98 Å². The second kappa shape index (κ2) is 8.57. The lowest BCUT2D eigenvalue weighted by Gasteiger charge is -2.35. The van der Waals surface area contributed by atoms with Gasteiger partial charge in [0.1, 0.15) is 6.10 Å². The average Bonchev–Trinajstić information content (AvgIpc) is 3.14. The van der Waals surface area contributed by atoms with E-state index in [1.54, 1.807) is 27.7 Å². The minimum Gasteiger partial charge on any atom is -0.380 e. The SMILES string of the molecule is CCC(O)P(=O)(O)OC(C)(CC)C[C@H]1C[C@@H](n2ccc(=O)[nH]c2=O)[C@@H]2OC(C)(C)O[C@H]12. The van der Waals surface area contributed by atoms with Gasteiger partial charge in [0.15, 0.2) is 11.6 Å². The maximum atomic E-state index is 12.5. The number of aromatic nitrogens is 2. The highest BCUT2D eigenvalue weighted by Gasteiger charge is 2.56. The molecule has 0 spiro atoms. The standard InChI is InChI=1S/C20H33N2O8P/c1-6-15(24)31(26,27)30-20(5,7-2)11-12-10-13(17-16(12)28-19(3,4)29-17)22-9-8-14(23)21-18(22)25/h8-9,12-13,15-17,24H,6-7,10-11H2,1-5H3,(H,26,27)(H,21,23,25)/t12-,13-,15?,16-,17+,20?/m1/s1. The predicted molar refractivity (Wildman–Crippen MR) is 113 cm³/mol. The predicted octanol–water partition coefficient (Wildman–Crippen LogP) is 2.11. The topological polar surface area (TPSA) is 140 Å². The Bertz CT molecular complexity index is 959. The Morgan fingerprint density at radius 1 is 1.35 bits per heavy atom. The molecule has 0 amide bonds. The number of aliphatic hydroxyl groups excluding tert-OH is 1. The van der Waals surface area contributed by atoms with E-state index in [9.17, 15) is 24.2 Å². The van der Waals surface area contributed by atoms with Gasteiger partial charge in [-0.05, 0) is 52.4 Å². The van der Waals surface area contributed by atoms with E-state index in [0.717, 1.165) is 0 Å². The van der Waals surface area contributed by atoms with Gasteiger partial charge in [0.2, 0.25) is 0 Å². The zero-order valence-electron chi connectivity index (χ0n) is 18.6. The first-order valence-corrected chi connectivity index (χ1v) is 12.3. The number of ether oxygens (including phenoxy) is 2.